The first-order valence-corrected chi connectivity index (χ1v) is 5.65. The monoisotopic (exact) mass is 238 g/mol. The van der Waals surface area contributed by atoms with Crippen molar-refractivity contribution in [1.29, 1.82) is 0 Å². The maximum atomic E-state index is 11.2. The molecule has 4 nitrogen and oxygen atoms in total. The molecule has 0 aliphatic rings. The molecule has 0 saturated heterocycles. The summed E-state index contributed by atoms with van der Waals surface area (Å²) in [6, 6.07) is 3.19. The first-order valence-electron chi connectivity index (χ1n) is 5.65. The summed E-state index contributed by atoms with van der Waals surface area (Å²) in [7, 11) is 1.44. The molecule has 0 bridgehead atoms. The van der Waals surface area contributed by atoms with Gasteiger partial charge in [-0.1, -0.05) is 13.3 Å². The Kier molecular flexibility index (Phi) is 4.82. The molecule has 1 aromatic rings. The van der Waals surface area contributed by atoms with Crippen molar-refractivity contribution in [2.75, 3.05) is 13.7 Å². The van der Waals surface area contributed by atoms with Gasteiger partial charge in [0, 0.05) is 0 Å². The number of hydrogen-bond donors (Lipinski definition) is 1. The van der Waals surface area contributed by atoms with E-state index in [1.807, 2.05) is 0 Å². The maximum absolute atomic E-state index is 11.2. The minimum atomic E-state index is -0.207. The van der Waals surface area contributed by atoms with Gasteiger partial charge in [0.2, 0.25) is 5.75 Å². The van der Waals surface area contributed by atoms with Crippen molar-refractivity contribution in [2.24, 2.45) is 0 Å². The molecular weight excluding hydrogens is 220 g/mol. The Labute approximate surface area is 101 Å². The number of phenols is 1. The lowest BCUT2D eigenvalue weighted by Crippen LogP contribution is -2.01. The Balaban J connectivity index is 2.99. The number of aromatic hydroxyl groups is 1. The summed E-state index contributed by atoms with van der Waals surface area (Å²) < 4.78 is 10.6. The van der Waals surface area contributed by atoms with Crippen LogP contribution >= 0.6 is 0 Å². The average Bonchev–Trinajstić information content (AvgIpc) is 2.29. The van der Waals surface area contributed by atoms with Crippen LogP contribution in [0.4, 0.5) is 0 Å². The predicted octanol–water partition coefficient (Wildman–Crippen LogP) is 2.78. The van der Waals surface area contributed by atoms with E-state index in [2.05, 4.69) is 6.92 Å². The number of rotatable bonds is 6. The van der Waals surface area contributed by atoms with Gasteiger partial charge in [0.1, 0.15) is 0 Å². The van der Waals surface area contributed by atoms with Gasteiger partial charge in [0.15, 0.2) is 17.3 Å². The van der Waals surface area contributed by atoms with E-state index in [4.69, 9.17) is 9.47 Å². The van der Waals surface area contributed by atoms with Gasteiger partial charge in [-0.3, -0.25) is 4.79 Å². The molecule has 1 N–H and O–H groups in total. The van der Waals surface area contributed by atoms with Crippen molar-refractivity contribution >= 4 is 5.78 Å². The van der Waals surface area contributed by atoms with Gasteiger partial charge >= 0.3 is 0 Å². The number of phenolic OH excluding ortho intramolecular Hbond substituents is 1. The van der Waals surface area contributed by atoms with Crippen molar-refractivity contribution < 1.29 is 19.4 Å². The Bertz CT molecular complexity index is 399. The standard InChI is InChI=1S/C13H18O4/c1-4-5-8-17-11-7-6-10(9(2)14)12(15)13(11)16-3/h6-7,15H,4-5,8H2,1-3H3. The molecule has 0 aromatic heterocycles. The highest BCUT2D eigenvalue weighted by atomic mass is 16.5. The molecule has 0 amide bonds. The van der Waals surface area contributed by atoms with Crippen LogP contribution in [0.25, 0.3) is 0 Å². The van der Waals surface area contributed by atoms with E-state index in [0.29, 0.717) is 12.4 Å². The van der Waals surface area contributed by atoms with Gasteiger partial charge in [-0.2, -0.15) is 0 Å². The minimum absolute atomic E-state index is 0.158. The van der Waals surface area contributed by atoms with Gasteiger partial charge in [-0.05, 0) is 25.5 Å². The highest BCUT2D eigenvalue weighted by Crippen LogP contribution is 2.39. The lowest BCUT2D eigenvalue weighted by atomic mass is 10.1. The Hall–Kier alpha value is -1.71. The Morgan fingerprint density at radius 1 is 1.41 bits per heavy atom. The fourth-order valence-corrected chi connectivity index (χ4v) is 1.47. The number of benzene rings is 1. The van der Waals surface area contributed by atoms with Crippen molar-refractivity contribution in [1.82, 2.24) is 0 Å². The number of hydrogen-bond acceptors (Lipinski definition) is 4. The lowest BCUT2D eigenvalue weighted by Gasteiger charge is -2.13. The molecule has 0 aliphatic heterocycles. The Morgan fingerprint density at radius 2 is 2.12 bits per heavy atom. The zero-order valence-corrected chi connectivity index (χ0v) is 10.4. The third-order valence-electron chi connectivity index (χ3n) is 2.43. The van der Waals surface area contributed by atoms with Crippen LogP contribution in [-0.2, 0) is 0 Å². The highest BCUT2D eigenvalue weighted by Gasteiger charge is 2.16. The molecule has 0 atom stereocenters. The molecular formula is C13H18O4. The van der Waals surface area contributed by atoms with Crippen LogP contribution < -0.4 is 9.47 Å². The van der Waals surface area contributed by atoms with Crippen molar-refractivity contribution in [3.63, 3.8) is 0 Å². The van der Waals surface area contributed by atoms with E-state index in [1.54, 1.807) is 12.1 Å². The SMILES string of the molecule is CCCCOc1ccc(C(C)=O)c(O)c1OC. The molecule has 0 saturated carbocycles. The Morgan fingerprint density at radius 3 is 2.65 bits per heavy atom. The van der Waals surface area contributed by atoms with E-state index in [9.17, 15) is 9.90 Å². The van der Waals surface area contributed by atoms with E-state index in [1.165, 1.54) is 14.0 Å². The van der Waals surface area contributed by atoms with Crippen LogP contribution in [0.3, 0.4) is 0 Å². The summed E-state index contributed by atoms with van der Waals surface area (Å²) in [4.78, 5) is 11.2. The molecule has 0 radical (unpaired) electrons. The molecule has 0 aliphatic carbocycles. The topological polar surface area (TPSA) is 55.8 Å². The molecule has 0 unspecified atom stereocenters. The van der Waals surface area contributed by atoms with Gasteiger partial charge in [0.25, 0.3) is 0 Å². The van der Waals surface area contributed by atoms with Gasteiger partial charge < -0.3 is 14.6 Å². The summed E-state index contributed by atoms with van der Waals surface area (Å²) in [6.07, 6.45) is 1.96. The second kappa shape index (κ2) is 6.13. The molecule has 0 spiro atoms. The fourth-order valence-electron chi connectivity index (χ4n) is 1.47. The smallest absolute Gasteiger partial charge is 0.203 e. The summed E-state index contributed by atoms with van der Waals surface area (Å²) >= 11 is 0. The molecule has 17 heavy (non-hydrogen) atoms. The summed E-state index contributed by atoms with van der Waals surface area (Å²) in [5.74, 6) is 0.312. The maximum Gasteiger partial charge on any atom is 0.203 e. The van der Waals surface area contributed by atoms with Crippen LogP contribution in [0, 0.1) is 0 Å². The number of unbranched alkanes of at least 4 members (excludes halogenated alkanes) is 1. The largest absolute Gasteiger partial charge is 0.504 e. The van der Waals surface area contributed by atoms with Crippen molar-refractivity contribution in [3.8, 4) is 17.2 Å². The zero-order chi connectivity index (χ0) is 12.8. The molecule has 1 aromatic carbocycles. The quantitative estimate of drug-likeness (QED) is 0.611. The zero-order valence-electron chi connectivity index (χ0n) is 10.4. The molecule has 4 heteroatoms. The molecule has 1 rings (SSSR count). The fraction of sp³-hybridized carbons (Fsp3) is 0.462. The summed E-state index contributed by atoms with van der Waals surface area (Å²) in [5, 5.41) is 9.87. The molecule has 94 valence electrons. The predicted molar refractivity (Wildman–Crippen MR) is 65.1 cm³/mol. The van der Waals surface area contributed by atoms with Crippen LogP contribution in [0.15, 0.2) is 12.1 Å². The van der Waals surface area contributed by atoms with E-state index in [0.717, 1.165) is 12.8 Å². The van der Waals surface area contributed by atoms with Gasteiger partial charge in [-0.25, -0.2) is 0 Å². The molecule has 0 fully saturated rings. The lowest BCUT2D eigenvalue weighted by molar-refractivity contribution is 0.101. The normalized spacial score (nSPS) is 10.1. The third kappa shape index (κ3) is 3.12. The van der Waals surface area contributed by atoms with Crippen LogP contribution in [0.5, 0.6) is 17.2 Å². The number of Topliss-reactive ketones (excluding diaryl/α,β-unsaturated/α-hetero) is 1. The van der Waals surface area contributed by atoms with Crippen molar-refractivity contribution in [3.05, 3.63) is 17.7 Å². The first-order chi connectivity index (χ1) is 8.11. The number of carbonyl (C=O) groups excluding carboxylic acids is 1. The minimum Gasteiger partial charge on any atom is -0.504 e. The average molecular weight is 238 g/mol. The summed E-state index contributed by atoms with van der Waals surface area (Å²) in [6.45, 7) is 4.02. The number of carbonyl (C=O) groups is 1. The van der Waals surface area contributed by atoms with E-state index < -0.39 is 0 Å². The summed E-state index contributed by atoms with van der Waals surface area (Å²) in [5.41, 5.74) is 0.240. The third-order valence-corrected chi connectivity index (χ3v) is 2.43. The van der Waals surface area contributed by atoms with Crippen molar-refractivity contribution in [2.45, 2.75) is 26.7 Å². The van der Waals surface area contributed by atoms with Crippen LogP contribution in [0.2, 0.25) is 0 Å². The second-order valence-electron chi connectivity index (χ2n) is 3.75. The number of methoxy groups -OCH3 is 1. The number of ketones is 1. The van der Waals surface area contributed by atoms with E-state index >= 15 is 0 Å². The first kappa shape index (κ1) is 13.4. The van der Waals surface area contributed by atoms with Crippen LogP contribution in [-0.4, -0.2) is 24.6 Å². The van der Waals surface area contributed by atoms with Gasteiger partial charge in [-0.15, -0.1) is 0 Å². The van der Waals surface area contributed by atoms with Crippen LogP contribution in [0.1, 0.15) is 37.0 Å². The van der Waals surface area contributed by atoms with Gasteiger partial charge in [0.05, 0.1) is 19.3 Å². The highest BCUT2D eigenvalue weighted by molar-refractivity contribution is 5.98. The molecule has 0 heterocycles. The second-order valence-corrected chi connectivity index (χ2v) is 3.75. The van der Waals surface area contributed by atoms with E-state index in [-0.39, 0.29) is 22.8 Å². The number of ether oxygens (including phenoxy) is 2.